The standard InChI is InChI=1S/C13H10F5NO2/c14-12(15,13(16,17)18)11-7-9(19-5-6-20)8-3-1-2-4-10(8)21-11/h1-4,7,20H,5-6H2. The first-order valence-corrected chi connectivity index (χ1v) is 5.86. The van der Waals surface area contributed by atoms with Crippen LogP contribution in [0.25, 0.3) is 11.0 Å². The Bertz CT molecular complexity index is 706. The first-order valence-electron chi connectivity index (χ1n) is 5.86. The lowest BCUT2D eigenvalue weighted by molar-refractivity contribution is -0.295. The summed E-state index contributed by atoms with van der Waals surface area (Å²) in [6, 6.07) is 6.30. The monoisotopic (exact) mass is 307 g/mol. The average molecular weight is 307 g/mol. The van der Waals surface area contributed by atoms with E-state index in [4.69, 9.17) is 5.11 Å². The fourth-order valence-corrected chi connectivity index (χ4v) is 1.71. The summed E-state index contributed by atoms with van der Waals surface area (Å²) in [6.45, 7) is -0.476. The summed E-state index contributed by atoms with van der Waals surface area (Å²) in [6.07, 6.45) is -5.77. The zero-order valence-corrected chi connectivity index (χ0v) is 10.5. The van der Waals surface area contributed by atoms with Crippen molar-refractivity contribution in [1.29, 1.82) is 0 Å². The van der Waals surface area contributed by atoms with E-state index >= 15 is 0 Å². The minimum Gasteiger partial charge on any atom is -0.454 e. The molecule has 2 aromatic rings. The molecule has 1 heterocycles. The van der Waals surface area contributed by atoms with Crippen LogP contribution in [0.5, 0.6) is 0 Å². The Morgan fingerprint density at radius 1 is 1.10 bits per heavy atom. The molecule has 0 aliphatic carbocycles. The quantitative estimate of drug-likeness (QED) is 0.886. The first-order chi connectivity index (χ1) is 9.77. The Morgan fingerprint density at radius 3 is 2.38 bits per heavy atom. The van der Waals surface area contributed by atoms with E-state index in [1.165, 1.54) is 18.2 Å². The normalized spacial score (nSPS) is 13.9. The summed E-state index contributed by atoms with van der Waals surface area (Å²) >= 11 is 0. The minimum atomic E-state index is -5.77. The smallest absolute Gasteiger partial charge is 0.454 e. The van der Waals surface area contributed by atoms with Gasteiger partial charge in [-0.3, -0.25) is 4.99 Å². The predicted octanol–water partition coefficient (Wildman–Crippen LogP) is 2.98. The van der Waals surface area contributed by atoms with Crippen molar-refractivity contribution in [3.63, 3.8) is 0 Å². The average Bonchev–Trinajstić information content (AvgIpc) is 2.43. The van der Waals surface area contributed by atoms with Crippen LogP contribution in [0, 0.1) is 0 Å². The van der Waals surface area contributed by atoms with E-state index in [9.17, 15) is 22.0 Å². The number of para-hydroxylation sites is 1. The summed E-state index contributed by atoms with van der Waals surface area (Å²) < 4.78 is 68.7. The Balaban J connectivity index is 2.73. The maximum Gasteiger partial charge on any atom is 0.461 e. The third kappa shape index (κ3) is 2.90. The van der Waals surface area contributed by atoms with Gasteiger partial charge in [0.1, 0.15) is 5.58 Å². The highest BCUT2D eigenvalue weighted by Gasteiger charge is 2.61. The molecule has 3 nitrogen and oxygen atoms in total. The molecular formula is C13H10F5NO2. The number of hydrogen-bond donors (Lipinski definition) is 1. The summed E-state index contributed by atoms with van der Waals surface area (Å²) in [7, 11) is 0. The van der Waals surface area contributed by atoms with E-state index in [-0.39, 0.29) is 29.5 Å². The molecule has 2 rings (SSSR count). The van der Waals surface area contributed by atoms with E-state index in [1.807, 2.05) is 0 Å². The predicted molar refractivity (Wildman–Crippen MR) is 63.7 cm³/mol. The molecule has 0 saturated heterocycles. The molecule has 114 valence electrons. The van der Waals surface area contributed by atoms with Crippen molar-refractivity contribution in [2.75, 3.05) is 13.2 Å². The van der Waals surface area contributed by atoms with Crippen molar-refractivity contribution in [1.82, 2.24) is 0 Å². The number of nitrogens with zero attached hydrogens (tertiary/aromatic N) is 1. The van der Waals surface area contributed by atoms with Gasteiger partial charge in [-0.25, -0.2) is 0 Å². The number of fused-ring (bicyclic) bond motifs is 1. The number of aliphatic hydroxyl groups excluding tert-OH is 1. The number of halogens is 5. The van der Waals surface area contributed by atoms with Gasteiger partial charge in [-0.15, -0.1) is 0 Å². The van der Waals surface area contributed by atoms with Crippen molar-refractivity contribution in [3.8, 4) is 0 Å². The van der Waals surface area contributed by atoms with Crippen molar-refractivity contribution in [3.05, 3.63) is 41.4 Å². The molecule has 0 fully saturated rings. The van der Waals surface area contributed by atoms with Gasteiger partial charge in [0.05, 0.1) is 18.5 Å². The van der Waals surface area contributed by atoms with Gasteiger partial charge in [0.15, 0.2) is 5.76 Å². The summed E-state index contributed by atoms with van der Waals surface area (Å²) in [5.41, 5.74) is -0.143. The van der Waals surface area contributed by atoms with Gasteiger partial charge in [0, 0.05) is 11.5 Å². The Labute approximate surface area is 115 Å². The van der Waals surface area contributed by atoms with Crippen LogP contribution >= 0.6 is 0 Å². The molecule has 0 unspecified atom stereocenters. The van der Waals surface area contributed by atoms with Gasteiger partial charge in [0.25, 0.3) is 0 Å². The Kier molecular flexibility index (Phi) is 3.99. The van der Waals surface area contributed by atoms with Crippen molar-refractivity contribution >= 4 is 11.0 Å². The summed E-state index contributed by atoms with van der Waals surface area (Å²) in [5, 5.41) is 8.90. The molecule has 0 aliphatic rings. The highest BCUT2D eigenvalue weighted by atomic mass is 19.4. The molecular weight excluding hydrogens is 297 g/mol. The zero-order chi connectivity index (χ0) is 15.7. The molecule has 0 saturated carbocycles. The second kappa shape index (κ2) is 5.44. The van der Waals surface area contributed by atoms with E-state index in [2.05, 4.69) is 9.41 Å². The fourth-order valence-electron chi connectivity index (χ4n) is 1.71. The zero-order valence-electron chi connectivity index (χ0n) is 10.5. The molecule has 0 aliphatic heterocycles. The van der Waals surface area contributed by atoms with Gasteiger partial charge in [-0.2, -0.15) is 22.0 Å². The number of hydrogen-bond acceptors (Lipinski definition) is 3. The summed E-state index contributed by atoms with van der Waals surface area (Å²) in [5.74, 6) is -6.66. The van der Waals surface area contributed by atoms with E-state index < -0.39 is 17.9 Å². The molecule has 0 radical (unpaired) electrons. The van der Waals surface area contributed by atoms with Gasteiger partial charge in [-0.1, -0.05) is 12.1 Å². The van der Waals surface area contributed by atoms with Crippen molar-refractivity contribution in [2.24, 2.45) is 4.99 Å². The SMILES string of the molecule is OCCN=c1cc(C(F)(F)C(F)(F)F)oc2ccccc12. The number of benzene rings is 1. The lowest BCUT2D eigenvalue weighted by Crippen LogP contribution is -2.34. The molecule has 1 aromatic carbocycles. The summed E-state index contributed by atoms with van der Waals surface area (Å²) in [4.78, 5) is 3.80. The lowest BCUT2D eigenvalue weighted by Gasteiger charge is -2.18. The maximum atomic E-state index is 13.4. The molecule has 1 aromatic heterocycles. The minimum absolute atomic E-state index is 0.0928. The van der Waals surface area contributed by atoms with Gasteiger partial charge < -0.3 is 9.52 Å². The van der Waals surface area contributed by atoms with Crippen LogP contribution in [0.15, 0.2) is 39.7 Å². The second-order valence-corrected chi connectivity index (χ2v) is 4.17. The van der Waals surface area contributed by atoms with Crippen LogP contribution in [0.2, 0.25) is 0 Å². The van der Waals surface area contributed by atoms with Crippen molar-refractivity contribution < 1.29 is 31.5 Å². The fraction of sp³-hybridized carbons (Fsp3) is 0.308. The molecule has 1 N–H and O–H groups in total. The number of aliphatic hydroxyl groups is 1. The van der Waals surface area contributed by atoms with Crippen LogP contribution in [0.4, 0.5) is 22.0 Å². The molecule has 0 atom stereocenters. The number of rotatable bonds is 3. The lowest BCUT2D eigenvalue weighted by atomic mass is 10.1. The van der Waals surface area contributed by atoms with Crippen LogP contribution in [-0.2, 0) is 5.92 Å². The third-order valence-corrected chi connectivity index (χ3v) is 2.70. The Morgan fingerprint density at radius 2 is 1.76 bits per heavy atom. The van der Waals surface area contributed by atoms with Crippen LogP contribution in [0.1, 0.15) is 5.76 Å². The van der Waals surface area contributed by atoms with Gasteiger partial charge in [-0.05, 0) is 12.1 Å². The molecule has 0 amide bonds. The van der Waals surface area contributed by atoms with Gasteiger partial charge in [0.2, 0.25) is 0 Å². The largest absolute Gasteiger partial charge is 0.461 e. The molecule has 0 bridgehead atoms. The topological polar surface area (TPSA) is 45.7 Å². The third-order valence-electron chi connectivity index (χ3n) is 2.70. The van der Waals surface area contributed by atoms with E-state index in [0.717, 1.165) is 0 Å². The molecule has 0 spiro atoms. The highest BCUT2D eigenvalue weighted by molar-refractivity contribution is 5.76. The van der Waals surface area contributed by atoms with Crippen LogP contribution in [-0.4, -0.2) is 24.4 Å². The van der Waals surface area contributed by atoms with Crippen molar-refractivity contribution in [2.45, 2.75) is 12.1 Å². The number of alkyl halides is 5. The molecule has 21 heavy (non-hydrogen) atoms. The Hall–Kier alpha value is -1.96. The van der Waals surface area contributed by atoms with Crippen LogP contribution in [0.3, 0.4) is 0 Å². The maximum absolute atomic E-state index is 13.4. The van der Waals surface area contributed by atoms with Crippen LogP contribution < -0.4 is 5.36 Å². The molecule has 8 heteroatoms. The highest BCUT2D eigenvalue weighted by Crippen LogP contribution is 2.43. The second-order valence-electron chi connectivity index (χ2n) is 4.17. The van der Waals surface area contributed by atoms with E-state index in [0.29, 0.717) is 6.07 Å². The van der Waals surface area contributed by atoms with Gasteiger partial charge >= 0.3 is 12.1 Å². The first kappa shape index (κ1) is 15.4. The van der Waals surface area contributed by atoms with E-state index in [1.54, 1.807) is 6.07 Å².